The molecule has 2 nitrogen and oxygen atoms in total. The molecule has 0 aliphatic carbocycles. The molecule has 0 aliphatic heterocycles. The van der Waals surface area contributed by atoms with Gasteiger partial charge in [0.25, 0.3) is 0 Å². The SMILES string of the molecule is CNC(CN)c1ccc(F)cc1Cl. The van der Waals surface area contributed by atoms with Gasteiger partial charge in [-0.1, -0.05) is 17.7 Å². The average Bonchev–Trinajstić information content (AvgIpc) is 2.10. The van der Waals surface area contributed by atoms with Crippen LogP contribution in [0.1, 0.15) is 11.6 Å². The van der Waals surface area contributed by atoms with Gasteiger partial charge in [-0.25, -0.2) is 4.39 Å². The van der Waals surface area contributed by atoms with E-state index in [0.717, 1.165) is 5.56 Å². The predicted octanol–water partition coefficient (Wildman–Crippen LogP) is 1.70. The smallest absolute Gasteiger partial charge is 0.124 e. The minimum atomic E-state index is -0.333. The first-order chi connectivity index (χ1) is 6.19. The van der Waals surface area contributed by atoms with E-state index in [4.69, 9.17) is 17.3 Å². The predicted molar refractivity (Wildman–Crippen MR) is 52.3 cm³/mol. The first kappa shape index (κ1) is 10.4. The third kappa shape index (κ3) is 2.40. The van der Waals surface area contributed by atoms with Crippen molar-refractivity contribution >= 4 is 11.6 Å². The van der Waals surface area contributed by atoms with Crippen LogP contribution in [-0.2, 0) is 0 Å². The molecule has 0 bridgehead atoms. The molecule has 0 radical (unpaired) electrons. The molecular formula is C9H12ClFN2. The highest BCUT2D eigenvalue weighted by molar-refractivity contribution is 6.31. The Balaban J connectivity index is 2.99. The van der Waals surface area contributed by atoms with Gasteiger partial charge in [0.05, 0.1) is 0 Å². The maximum atomic E-state index is 12.7. The number of benzene rings is 1. The third-order valence-corrected chi connectivity index (χ3v) is 2.25. The van der Waals surface area contributed by atoms with Crippen molar-refractivity contribution < 1.29 is 4.39 Å². The zero-order valence-electron chi connectivity index (χ0n) is 7.35. The molecule has 1 unspecified atom stereocenters. The van der Waals surface area contributed by atoms with Crippen LogP contribution in [0.25, 0.3) is 0 Å². The van der Waals surface area contributed by atoms with Crippen LogP contribution >= 0.6 is 11.6 Å². The van der Waals surface area contributed by atoms with Gasteiger partial charge in [0.2, 0.25) is 0 Å². The number of nitrogens with two attached hydrogens (primary N) is 1. The summed E-state index contributed by atoms with van der Waals surface area (Å²) in [6, 6.07) is 4.29. The molecule has 1 atom stereocenters. The maximum Gasteiger partial charge on any atom is 0.124 e. The molecule has 13 heavy (non-hydrogen) atoms. The number of nitrogens with one attached hydrogen (secondary N) is 1. The lowest BCUT2D eigenvalue weighted by molar-refractivity contribution is 0.597. The highest BCUT2D eigenvalue weighted by Crippen LogP contribution is 2.22. The second-order valence-electron chi connectivity index (χ2n) is 2.74. The highest BCUT2D eigenvalue weighted by Gasteiger charge is 2.10. The molecule has 4 heteroatoms. The fourth-order valence-corrected chi connectivity index (χ4v) is 1.48. The molecule has 0 amide bonds. The van der Waals surface area contributed by atoms with E-state index in [1.165, 1.54) is 12.1 Å². The number of hydrogen-bond donors (Lipinski definition) is 2. The first-order valence-electron chi connectivity index (χ1n) is 4.01. The molecule has 72 valence electrons. The Bertz CT molecular complexity index is 287. The Hall–Kier alpha value is -0.640. The van der Waals surface area contributed by atoms with Crippen molar-refractivity contribution in [2.24, 2.45) is 5.73 Å². The molecule has 0 saturated carbocycles. The fraction of sp³-hybridized carbons (Fsp3) is 0.333. The zero-order valence-corrected chi connectivity index (χ0v) is 8.11. The summed E-state index contributed by atoms with van der Waals surface area (Å²) in [6.45, 7) is 0.432. The van der Waals surface area contributed by atoms with E-state index in [1.807, 2.05) is 0 Å². The molecule has 1 rings (SSSR count). The second-order valence-corrected chi connectivity index (χ2v) is 3.15. The van der Waals surface area contributed by atoms with Crippen molar-refractivity contribution in [3.05, 3.63) is 34.6 Å². The second kappa shape index (κ2) is 4.56. The molecule has 1 aromatic rings. The van der Waals surface area contributed by atoms with Gasteiger partial charge in [-0.2, -0.15) is 0 Å². The van der Waals surface area contributed by atoms with Gasteiger partial charge >= 0.3 is 0 Å². The molecule has 0 aromatic heterocycles. The Morgan fingerprint density at radius 1 is 1.62 bits per heavy atom. The highest BCUT2D eigenvalue weighted by atomic mass is 35.5. The van der Waals surface area contributed by atoms with E-state index in [9.17, 15) is 4.39 Å². The van der Waals surface area contributed by atoms with Gasteiger partial charge in [-0.3, -0.25) is 0 Å². The van der Waals surface area contributed by atoms with E-state index in [2.05, 4.69) is 5.32 Å². The fourth-order valence-electron chi connectivity index (χ4n) is 1.18. The van der Waals surface area contributed by atoms with Crippen molar-refractivity contribution in [2.45, 2.75) is 6.04 Å². The van der Waals surface area contributed by atoms with E-state index >= 15 is 0 Å². The van der Waals surface area contributed by atoms with Crippen LogP contribution in [0.5, 0.6) is 0 Å². The van der Waals surface area contributed by atoms with Gasteiger partial charge in [-0.05, 0) is 24.7 Å². The summed E-state index contributed by atoms with van der Waals surface area (Å²) in [5.41, 5.74) is 6.33. The largest absolute Gasteiger partial charge is 0.329 e. The van der Waals surface area contributed by atoms with Crippen LogP contribution in [0.2, 0.25) is 5.02 Å². The maximum absolute atomic E-state index is 12.7. The van der Waals surface area contributed by atoms with Gasteiger partial charge in [-0.15, -0.1) is 0 Å². The Morgan fingerprint density at radius 3 is 2.77 bits per heavy atom. The zero-order chi connectivity index (χ0) is 9.84. The Morgan fingerprint density at radius 2 is 2.31 bits per heavy atom. The summed E-state index contributed by atoms with van der Waals surface area (Å²) in [6.07, 6.45) is 0. The summed E-state index contributed by atoms with van der Waals surface area (Å²) < 4.78 is 12.7. The topological polar surface area (TPSA) is 38.0 Å². The number of halogens is 2. The normalized spacial score (nSPS) is 12.9. The van der Waals surface area contributed by atoms with Crippen molar-refractivity contribution in [2.75, 3.05) is 13.6 Å². The van der Waals surface area contributed by atoms with Crippen molar-refractivity contribution in [3.63, 3.8) is 0 Å². The van der Waals surface area contributed by atoms with Crippen molar-refractivity contribution in [1.82, 2.24) is 5.32 Å². The quantitative estimate of drug-likeness (QED) is 0.783. The molecule has 1 aromatic carbocycles. The summed E-state index contributed by atoms with van der Waals surface area (Å²) in [7, 11) is 1.79. The van der Waals surface area contributed by atoms with Gasteiger partial charge in [0.15, 0.2) is 0 Å². The Kier molecular flexibility index (Phi) is 3.66. The molecular weight excluding hydrogens is 191 g/mol. The van der Waals surface area contributed by atoms with Crippen LogP contribution in [-0.4, -0.2) is 13.6 Å². The van der Waals surface area contributed by atoms with E-state index in [0.29, 0.717) is 11.6 Å². The van der Waals surface area contributed by atoms with Crippen LogP contribution in [0.3, 0.4) is 0 Å². The summed E-state index contributed by atoms with van der Waals surface area (Å²) in [5, 5.41) is 3.40. The van der Waals surface area contributed by atoms with Gasteiger partial charge < -0.3 is 11.1 Å². The van der Waals surface area contributed by atoms with Crippen LogP contribution in [0, 0.1) is 5.82 Å². The molecule has 0 saturated heterocycles. The Labute approximate surface area is 81.9 Å². The molecule has 0 heterocycles. The lowest BCUT2D eigenvalue weighted by Gasteiger charge is -2.15. The third-order valence-electron chi connectivity index (χ3n) is 1.92. The first-order valence-corrected chi connectivity index (χ1v) is 4.39. The molecule has 0 fully saturated rings. The number of likely N-dealkylation sites (N-methyl/N-ethyl adjacent to an activating group) is 1. The molecule has 0 aliphatic rings. The van der Waals surface area contributed by atoms with E-state index < -0.39 is 0 Å². The van der Waals surface area contributed by atoms with Crippen molar-refractivity contribution in [1.29, 1.82) is 0 Å². The minimum Gasteiger partial charge on any atom is -0.329 e. The summed E-state index contributed by atoms with van der Waals surface area (Å²) in [4.78, 5) is 0. The standard InChI is InChI=1S/C9H12ClFN2/c1-13-9(5-12)7-3-2-6(11)4-8(7)10/h2-4,9,13H,5,12H2,1H3. The lowest BCUT2D eigenvalue weighted by Crippen LogP contribution is -2.25. The number of rotatable bonds is 3. The average molecular weight is 203 g/mol. The molecule has 3 N–H and O–H groups in total. The molecule has 0 spiro atoms. The summed E-state index contributed by atoms with van der Waals surface area (Å²) >= 11 is 5.85. The van der Waals surface area contributed by atoms with Crippen LogP contribution in [0.15, 0.2) is 18.2 Å². The van der Waals surface area contributed by atoms with E-state index in [1.54, 1.807) is 13.1 Å². The van der Waals surface area contributed by atoms with Gasteiger partial charge in [0, 0.05) is 17.6 Å². The lowest BCUT2D eigenvalue weighted by atomic mass is 10.1. The van der Waals surface area contributed by atoms with Crippen molar-refractivity contribution in [3.8, 4) is 0 Å². The van der Waals surface area contributed by atoms with Crippen LogP contribution < -0.4 is 11.1 Å². The minimum absolute atomic E-state index is 0.0203. The number of hydrogen-bond acceptors (Lipinski definition) is 2. The monoisotopic (exact) mass is 202 g/mol. The van der Waals surface area contributed by atoms with Gasteiger partial charge in [0.1, 0.15) is 5.82 Å². The van der Waals surface area contributed by atoms with E-state index in [-0.39, 0.29) is 11.9 Å². The van der Waals surface area contributed by atoms with Crippen LogP contribution in [0.4, 0.5) is 4.39 Å². The summed E-state index contributed by atoms with van der Waals surface area (Å²) in [5.74, 6) is -0.333.